The third-order valence-corrected chi connectivity index (χ3v) is 4.42. The van der Waals surface area contributed by atoms with Crippen molar-refractivity contribution >= 4 is 27.5 Å². The highest BCUT2D eigenvalue weighted by Gasteiger charge is 2.26. The van der Waals surface area contributed by atoms with Crippen LogP contribution in [-0.2, 0) is 9.53 Å². The summed E-state index contributed by atoms with van der Waals surface area (Å²) in [6.07, 6.45) is 3.85. The molecule has 0 aromatic heterocycles. The van der Waals surface area contributed by atoms with E-state index in [0.717, 1.165) is 30.2 Å². The van der Waals surface area contributed by atoms with Crippen molar-refractivity contribution in [3.63, 3.8) is 0 Å². The minimum atomic E-state index is 0.0331. The summed E-state index contributed by atoms with van der Waals surface area (Å²) in [5, 5.41) is 11.9. The number of anilines is 1. The molecular formula is C15H17BrN2O2. The number of ether oxygens (including phenoxy) is 1. The second-order valence-electron chi connectivity index (χ2n) is 5.01. The number of carbonyl (C=O) groups is 1. The lowest BCUT2D eigenvalue weighted by Gasteiger charge is -2.26. The molecule has 0 heterocycles. The van der Waals surface area contributed by atoms with Gasteiger partial charge in [0.05, 0.1) is 11.7 Å². The molecule has 2 rings (SSSR count). The van der Waals surface area contributed by atoms with Crippen LogP contribution in [0.25, 0.3) is 0 Å². The molecule has 0 radical (unpaired) electrons. The van der Waals surface area contributed by atoms with Crippen molar-refractivity contribution in [2.45, 2.75) is 31.8 Å². The molecule has 1 fully saturated rings. The Hall–Kier alpha value is -1.38. The van der Waals surface area contributed by atoms with Gasteiger partial charge in [0.1, 0.15) is 6.07 Å². The molecule has 4 nitrogen and oxygen atoms in total. The standard InChI is InChI=1S/C15H17BrN2O2/c1-20-13-5-2-10(3-6-13)15(19)18-12-4-7-14(16)11(8-12)9-17/h4,7-8,10,13H,2-3,5-6H2,1H3,(H,18,19). The van der Waals surface area contributed by atoms with Crippen LogP contribution in [0.5, 0.6) is 0 Å². The maximum Gasteiger partial charge on any atom is 0.227 e. The highest BCUT2D eigenvalue weighted by Crippen LogP contribution is 2.27. The van der Waals surface area contributed by atoms with Gasteiger partial charge in [-0.05, 0) is 59.8 Å². The molecule has 0 bridgehead atoms. The number of nitriles is 1. The summed E-state index contributed by atoms with van der Waals surface area (Å²) in [5.74, 6) is 0.0707. The minimum Gasteiger partial charge on any atom is -0.381 e. The van der Waals surface area contributed by atoms with E-state index in [0.29, 0.717) is 11.3 Å². The zero-order valence-corrected chi connectivity index (χ0v) is 12.9. The summed E-state index contributed by atoms with van der Waals surface area (Å²) in [7, 11) is 1.72. The predicted molar refractivity (Wildman–Crippen MR) is 80.2 cm³/mol. The fraction of sp³-hybridized carbons (Fsp3) is 0.467. The number of hydrogen-bond donors (Lipinski definition) is 1. The number of nitrogens with one attached hydrogen (secondary N) is 1. The van der Waals surface area contributed by atoms with Gasteiger partial charge in [-0.3, -0.25) is 4.79 Å². The van der Waals surface area contributed by atoms with E-state index in [2.05, 4.69) is 27.3 Å². The van der Waals surface area contributed by atoms with Crippen LogP contribution in [0.15, 0.2) is 22.7 Å². The average Bonchev–Trinajstić information content (AvgIpc) is 2.49. The van der Waals surface area contributed by atoms with Crippen LogP contribution in [0.3, 0.4) is 0 Å². The maximum atomic E-state index is 12.2. The van der Waals surface area contributed by atoms with Gasteiger partial charge in [0.25, 0.3) is 0 Å². The van der Waals surface area contributed by atoms with Crippen LogP contribution in [-0.4, -0.2) is 19.1 Å². The van der Waals surface area contributed by atoms with E-state index in [9.17, 15) is 4.79 Å². The quantitative estimate of drug-likeness (QED) is 0.919. The van der Waals surface area contributed by atoms with Crippen molar-refractivity contribution in [2.24, 2.45) is 5.92 Å². The lowest BCUT2D eigenvalue weighted by molar-refractivity contribution is -0.121. The summed E-state index contributed by atoms with van der Waals surface area (Å²) in [5.41, 5.74) is 1.19. The first-order chi connectivity index (χ1) is 9.63. The minimum absolute atomic E-state index is 0.0331. The molecule has 1 aliphatic rings. The van der Waals surface area contributed by atoms with Gasteiger partial charge in [0.15, 0.2) is 0 Å². The third-order valence-electron chi connectivity index (χ3n) is 3.73. The molecule has 1 aromatic rings. The Bertz CT molecular complexity index is 531. The molecule has 0 atom stereocenters. The molecule has 1 N–H and O–H groups in total. The number of carbonyl (C=O) groups excluding carboxylic acids is 1. The van der Waals surface area contributed by atoms with E-state index in [1.165, 1.54) is 0 Å². The van der Waals surface area contributed by atoms with E-state index >= 15 is 0 Å². The first-order valence-corrected chi connectivity index (χ1v) is 7.46. The molecule has 1 saturated carbocycles. The topological polar surface area (TPSA) is 62.1 Å². The number of amides is 1. The van der Waals surface area contributed by atoms with E-state index in [4.69, 9.17) is 10.00 Å². The average molecular weight is 337 g/mol. The highest BCUT2D eigenvalue weighted by molar-refractivity contribution is 9.10. The van der Waals surface area contributed by atoms with Gasteiger partial charge in [-0.2, -0.15) is 5.26 Å². The van der Waals surface area contributed by atoms with Crippen molar-refractivity contribution in [3.05, 3.63) is 28.2 Å². The lowest BCUT2D eigenvalue weighted by atomic mass is 9.87. The van der Waals surface area contributed by atoms with Gasteiger partial charge in [-0.1, -0.05) is 0 Å². The summed E-state index contributed by atoms with van der Waals surface area (Å²) in [6, 6.07) is 7.34. The van der Waals surface area contributed by atoms with E-state index in [-0.39, 0.29) is 17.9 Å². The predicted octanol–water partition coefficient (Wildman–Crippen LogP) is 3.46. The Morgan fingerprint density at radius 2 is 2.10 bits per heavy atom. The Kier molecular flexibility index (Phi) is 5.16. The molecule has 20 heavy (non-hydrogen) atoms. The number of nitrogens with zero attached hydrogens (tertiary/aromatic N) is 1. The Morgan fingerprint density at radius 1 is 1.40 bits per heavy atom. The number of hydrogen-bond acceptors (Lipinski definition) is 3. The SMILES string of the molecule is COC1CCC(C(=O)Nc2ccc(Br)c(C#N)c2)CC1. The van der Waals surface area contributed by atoms with Crippen molar-refractivity contribution in [1.29, 1.82) is 5.26 Å². The Morgan fingerprint density at radius 3 is 2.70 bits per heavy atom. The third kappa shape index (κ3) is 3.59. The Labute approximate surface area is 127 Å². The van der Waals surface area contributed by atoms with Crippen LogP contribution >= 0.6 is 15.9 Å². The smallest absolute Gasteiger partial charge is 0.227 e. The number of benzene rings is 1. The molecule has 106 valence electrons. The molecule has 0 unspecified atom stereocenters. The van der Waals surface area contributed by atoms with Crippen molar-refractivity contribution in [3.8, 4) is 6.07 Å². The molecule has 5 heteroatoms. The van der Waals surface area contributed by atoms with Crippen molar-refractivity contribution in [1.82, 2.24) is 0 Å². The van der Waals surface area contributed by atoms with Gasteiger partial charge < -0.3 is 10.1 Å². The second kappa shape index (κ2) is 6.87. The van der Waals surface area contributed by atoms with Gasteiger partial charge in [0, 0.05) is 23.2 Å². The normalized spacial score (nSPS) is 22.1. The number of halogens is 1. The molecular weight excluding hydrogens is 320 g/mol. The summed E-state index contributed by atoms with van der Waals surface area (Å²) >= 11 is 3.30. The van der Waals surface area contributed by atoms with Crippen LogP contribution in [0.1, 0.15) is 31.2 Å². The number of methoxy groups -OCH3 is 1. The highest BCUT2D eigenvalue weighted by atomic mass is 79.9. The van der Waals surface area contributed by atoms with Crippen LogP contribution in [0.2, 0.25) is 0 Å². The number of rotatable bonds is 3. The molecule has 0 spiro atoms. The van der Waals surface area contributed by atoms with Gasteiger partial charge in [-0.25, -0.2) is 0 Å². The first kappa shape index (κ1) is 15.0. The molecule has 0 aliphatic heterocycles. The van der Waals surface area contributed by atoms with Crippen molar-refractivity contribution < 1.29 is 9.53 Å². The summed E-state index contributed by atoms with van der Waals surface area (Å²) in [6.45, 7) is 0. The van der Waals surface area contributed by atoms with E-state index in [1.54, 1.807) is 25.3 Å². The zero-order valence-electron chi connectivity index (χ0n) is 11.4. The van der Waals surface area contributed by atoms with E-state index in [1.807, 2.05) is 0 Å². The van der Waals surface area contributed by atoms with Crippen LogP contribution in [0.4, 0.5) is 5.69 Å². The largest absolute Gasteiger partial charge is 0.381 e. The first-order valence-electron chi connectivity index (χ1n) is 6.67. The fourth-order valence-electron chi connectivity index (χ4n) is 2.49. The molecule has 1 aromatic carbocycles. The van der Waals surface area contributed by atoms with Crippen LogP contribution in [0, 0.1) is 17.2 Å². The van der Waals surface area contributed by atoms with Gasteiger partial charge in [-0.15, -0.1) is 0 Å². The molecule has 1 amide bonds. The fourth-order valence-corrected chi connectivity index (χ4v) is 2.83. The van der Waals surface area contributed by atoms with Crippen LogP contribution < -0.4 is 5.32 Å². The van der Waals surface area contributed by atoms with E-state index < -0.39 is 0 Å². The van der Waals surface area contributed by atoms with Gasteiger partial charge in [0.2, 0.25) is 5.91 Å². The summed E-state index contributed by atoms with van der Waals surface area (Å²) in [4.78, 5) is 12.2. The Balaban J connectivity index is 1.97. The lowest BCUT2D eigenvalue weighted by Crippen LogP contribution is -2.29. The van der Waals surface area contributed by atoms with Crippen molar-refractivity contribution in [2.75, 3.05) is 12.4 Å². The molecule has 0 saturated heterocycles. The maximum absolute atomic E-state index is 12.2. The summed E-state index contributed by atoms with van der Waals surface area (Å²) < 4.78 is 6.04. The monoisotopic (exact) mass is 336 g/mol. The second-order valence-corrected chi connectivity index (χ2v) is 5.86. The van der Waals surface area contributed by atoms with Gasteiger partial charge >= 0.3 is 0 Å². The molecule has 1 aliphatic carbocycles. The zero-order chi connectivity index (χ0) is 14.5.